The SMILES string of the molecule is CCC(Sc1nnc(-c2ccco2)c(-c2ccco2)n1)C(=O)Nc1ccc(S(=O)(=O)Nc2ccc(Cl)nn2)cc1. The summed E-state index contributed by atoms with van der Waals surface area (Å²) in [6.07, 6.45) is 3.51. The molecule has 4 aromatic heterocycles. The summed E-state index contributed by atoms with van der Waals surface area (Å²) in [5, 5.41) is 18.4. The van der Waals surface area contributed by atoms with Crippen LogP contribution in [0, 0.1) is 0 Å². The summed E-state index contributed by atoms with van der Waals surface area (Å²) in [5.74, 6) is 0.674. The molecule has 0 saturated carbocycles. The lowest BCUT2D eigenvalue weighted by molar-refractivity contribution is -0.115. The number of benzene rings is 1. The number of sulfonamides is 1. The average molecular weight is 598 g/mol. The molecule has 5 rings (SSSR count). The summed E-state index contributed by atoms with van der Waals surface area (Å²) >= 11 is 6.83. The number of carbonyl (C=O) groups excluding carboxylic acids is 1. The topological polar surface area (TPSA) is 166 Å². The van der Waals surface area contributed by atoms with E-state index in [0.717, 1.165) is 11.8 Å². The number of hydrogen-bond donors (Lipinski definition) is 2. The molecule has 5 aromatic rings. The molecule has 0 saturated heterocycles. The maximum Gasteiger partial charge on any atom is 0.263 e. The summed E-state index contributed by atoms with van der Waals surface area (Å²) in [5.41, 5.74) is 1.26. The molecule has 40 heavy (non-hydrogen) atoms. The highest BCUT2D eigenvalue weighted by molar-refractivity contribution is 8.00. The molecule has 1 aromatic carbocycles. The molecule has 4 heterocycles. The van der Waals surface area contributed by atoms with Crippen molar-refractivity contribution in [3.63, 3.8) is 0 Å². The molecule has 0 aliphatic carbocycles. The molecule has 2 N–H and O–H groups in total. The maximum atomic E-state index is 13.1. The van der Waals surface area contributed by atoms with Gasteiger partial charge in [-0.15, -0.1) is 20.4 Å². The fourth-order valence-electron chi connectivity index (χ4n) is 3.48. The van der Waals surface area contributed by atoms with Gasteiger partial charge >= 0.3 is 0 Å². The fraction of sp³-hybridized carbons (Fsp3) is 0.120. The second-order valence-electron chi connectivity index (χ2n) is 8.12. The first-order chi connectivity index (χ1) is 19.3. The smallest absolute Gasteiger partial charge is 0.263 e. The Kier molecular flexibility index (Phi) is 8.09. The summed E-state index contributed by atoms with van der Waals surface area (Å²) in [6.45, 7) is 1.86. The molecule has 0 radical (unpaired) electrons. The number of nitrogens with zero attached hydrogens (tertiary/aromatic N) is 5. The summed E-state index contributed by atoms with van der Waals surface area (Å²) in [4.78, 5) is 17.6. The first-order valence-corrected chi connectivity index (χ1v) is 14.5. The van der Waals surface area contributed by atoms with Crippen LogP contribution in [0.4, 0.5) is 11.5 Å². The molecular weight excluding hydrogens is 578 g/mol. The van der Waals surface area contributed by atoms with Gasteiger partial charge < -0.3 is 14.2 Å². The highest BCUT2D eigenvalue weighted by atomic mass is 35.5. The predicted molar refractivity (Wildman–Crippen MR) is 148 cm³/mol. The molecule has 1 unspecified atom stereocenters. The normalized spacial score (nSPS) is 12.2. The van der Waals surface area contributed by atoms with E-state index in [-0.39, 0.29) is 26.9 Å². The van der Waals surface area contributed by atoms with E-state index in [0.29, 0.717) is 35.0 Å². The van der Waals surface area contributed by atoms with Crippen LogP contribution in [0.5, 0.6) is 0 Å². The zero-order valence-electron chi connectivity index (χ0n) is 20.7. The van der Waals surface area contributed by atoms with Crippen molar-refractivity contribution in [3.05, 3.63) is 78.3 Å². The number of thioether (sulfide) groups is 1. The lowest BCUT2D eigenvalue weighted by atomic mass is 10.2. The standard InChI is InChI=1S/C25H20ClN7O5S2/c1-2-19(39-25-28-22(17-5-3-13-37-17)23(31-32-25)18-6-4-14-38-18)24(34)27-15-7-9-16(10-8-15)40(35,36)33-21-12-11-20(26)29-30-21/h3-14,19H,2H2,1H3,(H,27,34)(H,30,33). The van der Waals surface area contributed by atoms with Gasteiger partial charge in [-0.25, -0.2) is 13.4 Å². The molecule has 1 atom stereocenters. The lowest BCUT2D eigenvalue weighted by Gasteiger charge is -2.14. The van der Waals surface area contributed by atoms with Gasteiger partial charge in [0, 0.05) is 5.69 Å². The number of rotatable bonds is 10. The molecule has 0 aliphatic rings. The van der Waals surface area contributed by atoms with E-state index in [2.05, 4.69) is 35.4 Å². The van der Waals surface area contributed by atoms with Crippen LogP contribution in [-0.4, -0.2) is 45.0 Å². The van der Waals surface area contributed by atoms with Crippen molar-refractivity contribution in [2.75, 3.05) is 10.0 Å². The van der Waals surface area contributed by atoms with Crippen molar-refractivity contribution in [1.29, 1.82) is 0 Å². The van der Waals surface area contributed by atoms with Gasteiger partial charge in [-0.1, -0.05) is 30.3 Å². The van der Waals surface area contributed by atoms with Gasteiger partial charge in [-0.3, -0.25) is 9.52 Å². The number of furan rings is 2. The largest absolute Gasteiger partial charge is 0.463 e. The summed E-state index contributed by atoms with van der Waals surface area (Å²) in [6, 6.07) is 15.5. The van der Waals surface area contributed by atoms with Gasteiger partial charge in [-0.05, 0) is 67.1 Å². The van der Waals surface area contributed by atoms with Crippen LogP contribution in [0.1, 0.15) is 13.3 Å². The third-order valence-corrected chi connectivity index (χ3v) is 8.18. The Balaban J connectivity index is 1.28. The zero-order chi connectivity index (χ0) is 28.1. The number of amides is 1. The van der Waals surface area contributed by atoms with Gasteiger partial charge in [0.2, 0.25) is 11.1 Å². The Labute approximate surface area is 237 Å². The predicted octanol–water partition coefficient (Wildman–Crippen LogP) is 5.15. The van der Waals surface area contributed by atoms with Crippen LogP contribution in [0.15, 0.2) is 92.1 Å². The van der Waals surface area contributed by atoms with Crippen molar-refractivity contribution in [2.45, 2.75) is 28.6 Å². The van der Waals surface area contributed by atoms with Gasteiger partial charge in [-0.2, -0.15) is 0 Å². The third kappa shape index (κ3) is 6.30. The van der Waals surface area contributed by atoms with E-state index in [1.165, 1.54) is 48.9 Å². The number of anilines is 2. The van der Waals surface area contributed by atoms with E-state index in [9.17, 15) is 13.2 Å². The number of aromatic nitrogens is 5. The molecule has 12 nitrogen and oxygen atoms in total. The van der Waals surface area contributed by atoms with E-state index in [4.69, 9.17) is 20.4 Å². The van der Waals surface area contributed by atoms with Crippen molar-refractivity contribution < 1.29 is 22.0 Å². The number of nitrogens with one attached hydrogen (secondary N) is 2. The quantitative estimate of drug-likeness (QED) is 0.204. The van der Waals surface area contributed by atoms with Crippen LogP contribution < -0.4 is 10.0 Å². The summed E-state index contributed by atoms with van der Waals surface area (Å²) in [7, 11) is -3.93. The lowest BCUT2D eigenvalue weighted by Crippen LogP contribution is -2.25. The van der Waals surface area contributed by atoms with E-state index < -0.39 is 15.3 Å². The fourth-order valence-corrected chi connectivity index (χ4v) is 5.40. The van der Waals surface area contributed by atoms with E-state index in [1.807, 2.05) is 6.92 Å². The van der Waals surface area contributed by atoms with Crippen molar-refractivity contribution in [1.82, 2.24) is 25.4 Å². The highest BCUT2D eigenvalue weighted by Crippen LogP contribution is 2.32. The van der Waals surface area contributed by atoms with Crippen LogP contribution in [-0.2, 0) is 14.8 Å². The van der Waals surface area contributed by atoms with E-state index >= 15 is 0 Å². The monoisotopic (exact) mass is 597 g/mol. The van der Waals surface area contributed by atoms with Crippen LogP contribution in [0.3, 0.4) is 0 Å². The third-order valence-electron chi connectivity index (χ3n) is 5.39. The minimum Gasteiger partial charge on any atom is -0.463 e. The second-order valence-corrected chi connectivity index (χ2v) is 11.4. The van der Waals surface area contributed by atoms with Gasteiger partial charge in [0.1, 0.15) is 5.69 Å². The van der Waals surface area contributed by atoms with Crippen molar-refractivity contribution in [2.24, 2.45) is 0 Å². The van der Waals surface area contributed by atoms with Crippen LogP contribution in [0.2, 0.25) is 5.15 Å². The Bertz CT molecular complexity index is 1700. The average Bonchev–Trinajstić information content (AvgIpc) is 3.68. The zero-order valence-corrected chi connectivity index (χ0v) is 23.1. The van der Waals surface area contributed by atoms with Crippen molar-refractivity contribution >= 4 is 50.8 Å². The van der Waals surface area contributed by atoms with Gasteiger partial charge in [0.05, 0.1) is 22.7 Å². The second kappa shape index (κ2) is 11.9. The molecule has 15 heteroatoms. The minimum atomic E-state index is -3.93. The first-order valence-electron chi connectivity index (χ1n) is 11.7. The molecule has 0 bridgehead atoms. The molecule has 1 amide bonds. The molecule has 0 spiro atoms. The van der Waals surface area contributed by atoms with Gasteiger partial charge in [0.15, 0.2) is 28.2 Å². The minimum absolute atomic E-state index is 0.0219. The first kappa shape index (κ1) is 27.3. The van der Waals surface area contributed by atoms with E-state index in [1.54, 1.807) is 24.3 Å². The Morgan fingerprint density at radius 3 is 2.23 bits per heavy atom. The molecule has 0 aliphatic heterocycles. The number of halogens is 1. The number of hydrogen-bond acceptors (Lipinski definition) is 11. The number of carbonyl (C=O) groups is 1. The van der Waals surface area contributed by atoms with Crippen molar-refractivity contribution in [3.8, 4) is 22.9 Å². The Morgan fingerprint density at radius 1 is 0.925 bits per heavy atom. The molecule has 204 valence electrons. The maximum absolute atomic E-state index is 13.1. The molecule has 0 fully saturated rings. The Hall–Kier alpha value is -4.27. The molecular formula is C25H20ClN7O5S2. The Morgan fingerprint density at radius 2 is 1.62 bits per heavy atom. The van der Waals surface area contributed by atoms with Gasteiger partial charge in [0.25, 0.3) is 10.0 Å². The van der Waals surface area contributed by atoms with Crippen LogP contribution in [0.25, 0.3) is 22.9 Å². The van der Waals surface area contributed by atoms with Crippen LogP contribution >= 0.6 is 23.4 Å². The summed E-state index contributed by atoms with van der Waals surface area (Å²) < 4.78 is 38.6. The highest BCUT2D eigenvalue weighted by Gasteiger charge is 2.23.